The molecule has 2 aromatic rings. The van der Waals surface area contributed by atoms with E-state index >= 15 is 0 Å². The van der Waals surface area contributed by atoms with Gasteiger partial charge in [-0.2, -0.15) is 0 Å². The Hall–Kier alpha value is -3.40. The second-order valence-corrected chi connectivity index (χ2v) is 7.34. The molecule has 31 heavy (non-hydrogen) atoms. The molecule has 0 unspecified atom stereocenters. The third kappa shape index (κ3) is 9.77. The lowest BCUT2D eigenvalue weighted by Crippen LogP contribution is -2.23. The fraction of sp³-hybridized carbons (Fsp3) is 0.259. The molecule has 2 rings (SSSR count). The molecule has 164 valence electrons. The molecule has 0 radical (unpaired) electrons. The quantitative estimate of drug-likeness (QED) is 0.407. The average Bonchev–Trinajstić information content (AvgIpc) is 2.70. The molecule has 0 heterocycles. The number of anilines is 1. The molecule has 0 saturated carbocycles. The highest BCUT2D eigenvalue weighted by Gasteiger charge is 2.10. The fourth-order valence-corrected chi connectivity index (χ4v) is 2.90. The van der Waals surface area contributed by atoms with E-state index in [9.17, 15) is 4.79 Å². The molecule has 2 aromatic carbocycles. The predicted molar refractivity (Wildman–Crippen MR) is 134 cm³/mol. The summed E-state index contributed by atoms with van der Waals surface area (Å²) in [4.78, 5) is 17.5. The normalized spacial score (nSPS) is 11.1. The first-order chi connectivity index (χ1) is 14.8. The van der Waals surface area contributed by atoms with Crippen molar-refractivity contribution in [2.45, 2.75) is 41.0 Å². The molecule has 0 aliphatic carbocycles. The van der Waals surface area contributed by atoms with Gasteiger partial charge in [-0.3, -0.25) is 4.79 Å². The maximum atomic E-state index is 10.9. The van der Waals surface area contributed by atoms with Crippen molar-refractivity contribution in [1.82, 2.24) is 5.32 Å². The van der Waals surface area contributed by atoms with Gasteiger partial charge in [-0.25, -0.2) is 4.99 Å². The van der Waals surface area contributed by atoms with E-state index in [1.54, 1.807) is 12.3 Å². The molecular formula is C27H35N3O. The number of nitrogens with zero attached hydrogens (tertiary/aromatic N) is 2. The Morgan fingerprint density at radius 1 is 1.03 bits per heavy atom. The predicted octanol–water partition coefficient (Wildman–Crippen LogP) is 6.26. The van der Waals surface area contributed by atoms with Crippen LogP contribution in [0.1, 0.15) is 37.0 Å². The Morgan fingerprint density at radius 2 is 1.68 bits per heavy atom. The summed E-state index contributed by atoms with van der Waals surface area (Å²) in [6.07, 6.45) is 5.97. The third-order valence-corrected chi connectivity index (χ3v) is 4.41. The second kappa shape index (κ2) is 13.8. The lowest BCUT2D eigenvalue weighted by Gasteiger charge is -2.22. The maximum absolute atomic E-state index is 10.9. The molecule has 0 atom stereocenters. The standard InChI is InChI=1S/C19H25N3O.C8H10/c1-6-10-19(21-16(4)13-14-20-17(5)23)22(7-2)18-12-9-8-11-15(18)3;1-7-4-3-5-8(2)6-7/h6-12H,1-2,13-14H2,3-5H3,(H,20,23);3-6H,1-2H3/b19-10+,21-16+;. The number of allylic oxidation sites excluding steroid dienone is 2. The lowest BCUT2D eigenvalue weighted by atomic mass is 10.2. The van der Waals surface area contributed by atoms with Gasteiger partial charge in [0.2, 0.25) is 5.91 Å². The van der Waals surface area contributed by atoms with Crippen molar-refractivity contribution in [1.29, 1.82) is 0 Å². The number of hydrogen-bond donors (Lipinski definition) is 1. The molecule has 0 saturated heterocycles. The summed E-state index contributed by atoms with van der Waals surface area (Å²) in [5, 5.41) is 2.77. The zero-order valence-electron chi connectivity index (χ0n) is 19.5. The highest BCUT2D eigenvalue weighted by Crippen LogP contribution is 2.24. The summed E-state index contributed by atoms with van der Waals surface area (Å²) in [7, 11) is 0. The van der Waals surface area contributed by atoms with Crippen molar-refractivity contribution in [2.75, 3.05) is 11.4 Å². The van der Waals surface area contributed by atoms with Crippen molar-refractivity contribution in [3.05, 3.63) is 103 Å². The molecule has 0 spiro atoms. The summed E-state index contributed by atoms with van der Waals surface area (Å²) in [6, 6.07) is 16.5. The molecule has 0 aliphatic rings. The smallest absolute Gasteiger partial charge is 0.216 e. The summed E-state index contributed by atoms with van der Waals surface area (Å²) in [5.41, 5.74) is 5.75. The monoisotopic (exact) mass is 417 g/mol. The van der Waals surface area contributed by atoms with E-state index < -0.39 is 0 Å². The first kappa shape index (κ1) is 25.6. The van der Waals surface area contributed by atoms with Crippen molar-refractivity contribution in [3.8, 4) is 0 Å². The van der Waals surface area contributed by atoms with Gasteiger partial charge < -0.3 is 10.2 Å². The SMILES string of the molecule is C=C/C=C(\N=C(/C)CCNC(C)=O)N(C=C)c1ccccc1C.Cc1cccc(C)c1. The average molecular weight is 418 g/mol. The van der Waals surface area contributed by atoms with E-state index in [0.717, 1.165) is 22.8 Å². The molecule has 0 fully saturated rings. The molecular weight excluding hydrogens is 382 g/mol. The number of hydrogen-bond acceptors (Lipinski definition) is 3. The van der Waals surface area contributed by atoms with Gasteiger partial charge in [0.1, 0.15) is 5.82 Å². The van der Waals surface area contributed by atoms with Crippen LogP contribution in [0.4, 0.5) is 5.69 Å². The number of carbonyl (C=O) groups excluding carboxylic acids is 1. The van der Waals surface area contributed by atoms with Gasteiger partial charge in [0.25, 0.3) is 0 Å². The zero-order chi connectivity index (χ0) is 23.2. The molecule has 1 amide bonds. The maximum Gasteiger partial charge on any atom is 0.216 e. The van der Waals surface area contributed by atoms with E-state index in [1.807, 2.05) is 49.1 Å². The van der Waals surface area contributed by atoms with Crippen LogP contribution in [-0.2, 0) is 4.79 Å². The van der Waals surface area contributed by atoms with Gasteiger partial charge in [0, 0.05) is 37.5 Å². The van der Waals surface area contributed by atoms with Crippen molar-refractivity contribution >= 4 is 17.3 Å². The van der Waals surface area contributed by atoms with Crippen LogP contribution >= 0.6 is 0 Å². The highest BCUT2D eigenvalue weighted by molar-refractivity contribution is 5.84. The number of rotatable bonds is 8. The minimum atomic E-state index is -0.0349. The molecule has 4 nitrogen and oxygen atoms in total. The van der Waals surface area contributed by atoms with Crippen LogP contribution in [0.5, 0.6) is 0 Å². The highest BCUT2D eigenvalue weighted by atomic mass is 16.1. The van der Waals surface area contributed by atoms with E-state index in [1.165, 1.54) is 18.1 Å². The van der Waals surface area contributed by atoms with Gasteiger partial charge in [-0.05, 0) is 45.4 Å². The van der Waals surface area contributed by atoms with E-state index in [-0.39, 0.29) is 5.91 Å². The molecule has 4 heteroatoms. The van der Waals surface area contributed by atoms with Gasteiger partial charge in [-0.15, -0.1) is 0 Å². The van der Waals surface area contributed by atoms with Gasteiger partial charge in [0.05, 0.1) is 0 Å². The third-order valence-electron chi connectivity index (χ3n) is 4.41. The number of carbonyl (C=O) groups is 1. The Kier molecular flexibility index (Phi) is 11.4. The lowest BCUT2D eigenvalue weighted by molar-refractivity contribution is -0.118. The Labute approximate surface area is 187 Å². The van der Waals surface area contributed by atoms with Crippen LogP contribution in [0, 0.1) is 20.8 Å². The Bertz CT molecular complexity index is 924. The number of benzene rings is 2. The van der Waals surface area contributed by atoms with Gasteiger partial charge >= 0.3 is 0 Å². The van der Waals surface area contributed by atoms with Crippen LogP contribution in [0.25, 0.3) is 0 Å². The second-order valence-electron chi connectivity index (χ2n) is 7.34. The van der Waals surface area contributed by atoms with Crippen molar-refractivity contribution < 1.29 is 4.79 Å². The van der Waals surface area contributed by atoms with Crippen LogP contribution in [0.2, 0.25) is 0 Å². The van der Waals surface area contributed by atoms with Gasteiger partial charge in [-0.1, -0.05) is 72.8 Å². The van der Waals surface area contributed by atoms with Crippen molar-refractivity contribution in [3.63, 3.8) is 0 Å². The number of para-hydroxylation sites is 1. The summed E-state index contributed by atoms with van der Waals surface area (Å²) in [6.45, 7) is 17.9. The van der Waals surface area contributed by atoms with E-state index in [0.29, 0.717) is 13.0 Å². The largest absolute Gasteiger partial charge is 0.356 e. The number of amides is 1. The zero-order valence-corrected chi connectivity index (χ0v) is 19.5. The molecule has 0 aromatic heterocycles. The minimum Gasteiger partial charge on any atom is -0.356 e. The van der Waals surface area contributed by atoms with Crippen LogP contribution in [0.3, 0.4) is 0 Å². The number of aryl methyl sites for hydroxylation is 3. The van der Waals surface area contributed by atoms with Crippen LogP contribution in [0.15, 0.2) is 90.9 Å². The van der Waals surface area contributed by atoms with Crippen LogP contribution in [-0.4, -0.2) is 18.2 Å². The number of nitrogens with one attached hydrogen (secondary N) is 1. The molecule has 0 aliphatic heterocycles. The topological polar surface area (TPSA) is 44.7 Å². The summed E-state index contributed by atoms with van der Waals surface area (Å²) < 4.78 is 0. The van der Waals surface area contributed by atoms with Crippen molar-refractivity contribution in [2.24, 2.45) is 4.99 Å². The fourth-order valence-electron chi connectivity index (χ4n) is 2.90. The Morgan fingerprint density at radius 3 is 2.16 bits per heavy atom. The first-order valence-corrected chi connectivity index (χ1v) is 10.4. The summed E-state index contributed by atoms with van der Waals surface area (Å²) in [5.74, 6) is 0.705. The van der Waals surface area contributed by atoms with Crippen LogP contribution < -0.4 is 10.2 Å². The Balaban J connectivity index is 0.000000500. The molecule has 1 N–H and O–H groups in total. The number of aliphatic imine (C=N–C) groups is 1. The van der Waals surface area contributed by atoms with Gasteiger partial charge in [0.15, 0.2) is 0 Å². The van der Waals surface area contributed by atoms with E-state index in [4.69, 9.17) is 0 Å². The molecule has 0 bridgehead atoms. The first-order valence-electron chi connectivity index (χ1n) is 10.4. The van der Waals surface area contributed by atoms with E-state index in [2.05, 4.69) is 61.6 Å². The minimum absolute atomic E-state index is 0.0349. The summed E-state index contributed by atoms with van der Waals surface area (Å²) >= 11 is 0.